The van der Waals surface area contributed by atoms with Crippen LogP contribution in [-0.4, -0.2) is 11.1 Å². The van der Waals surface area contributed by atoms with Crippen LogP contribution in [0.4, 0.5) is 0 Å². The van der Waals surface area contributed by atoms with Crippen LogP contribution in [-0.2, 0) is 4.79 Å². The molecule has 0 saturated carbocycles. The maximum Gasteiger partial charge on any atom is 0.331 e. The Bertz CT molecular complexity index is 305. The van der Waals surface area contributed by atoms with Gasteiger partial charge in [-0.2, -0.15) is 0 Å². The first kappa shape index (κ1) is 21.2. The molecule has 2 heteroatoms. The number of carbonyl (C=O) groups is 1. The van der Waals surface area contributed by atoms with E-state index in [-0.39, 0.29) is 0 Å². The second-order valence-electron chi connectivity index (χ2n) is 6.47. The fraction of sp³-hybridized carbons (Fsp3) is 0.850. The average Bonchev–Trinajstić information content (AvgIpc) is 2.49. The van der Waals surface area contributed by atoms with Gasteiger partial charge in [0.1, 0.15) is 0 Å². The zero-order valence-electron chi connectivity index (χ0n) is 15.3. The molecule has 22 heavy (non-hydrogen) atoms. The van der Waals surface area contributed by atoms with Gasteiger partial charge in [0.25, 0.3) is 0 Å². The predicted molar refractivity (Wildman–Crippen MR) is 96.3 cm³/mol. The zero-order chi connectivity index (χ0) is 16.6. The van der Waals surface area contributed by atoms with E-state index in [0.29, 0.717) is 0 Å². The lowest BCUT2D eigenvalue weighted by Gasteiger charge is -2.12. The summed E-state index contributed by atoms with van der Waals surface area (Å²) in [5, 5.41) is 9.54. The molecule has 0 spiro atoms. The van der Waals surface area contributed by atoms with Crippen molar-refractivity contribution < 1.29 is 9.90 Å². The molecular weight excluding hydrogens is 272 g/mol. The van der Waals surface area contributed by atoms with Gasteiger partial charge in [-0.05, 0) is 32.1 Å². The second-order valence-corrected chi connectivity index (χ2v) is 6.47. The van der Waals surface area contributed by atoms with Crippen molar-refractivity contribution in [3.63, 3.8) is 0 Å². The minimum atomic E-state index is -0.675. The number of aliphatic carboxylic acids is 1. The molecule has 0 aliphatic rings. The molecule has 0 amide bonds. The van der Waals surface area contributed by atoms with Gasteiger partial charge in [0.15, 0.2) is 0 Å². The Morgan fingerprint density at radius 3 is 1.68 bits per heavy atom. The topological polar surface area (TPSA) is 37.3 Å². The summed E-state index contributed by atoms with van der Waals surface area (Å²) in [6.45, 7) is 6.58. The molecule has 0 aliphatic carbocycles. The van der Waals surface area contributed by atoms with Gasteiger partial charge in [0, 0.05) is 5.57 Å². The molecule has 0 atom stereocenters. The molecule has 0 saturated heterocycles. The Hall–Kier alpha value is -0.790. The Morgan fingerprint density at radius 2 is 1.14 bits per heavy atom. The minimum absolute atomic E-state index is 0.675. The Morgan fingerprint density at radius 1 is 0.636 bits per heavy atom. The summed E-state index contributed by atoms with van der Waals surface area (Å²) in [4.78, 5) is 11.6. The standard InChI is InChI=1S/C20H38O2/c1-4-7-9-11-12-13-16-18(15-6-3)19(20(21)22)17-14-10-8-5-2/h4-17H2,1-3H3,(H,21,22). The van der Waals surface area contributed by atoms with E-state index in [1.54, 1.807) is 0 Å². The number of hydrogen-bond donors (Lipinski definition) is 1. The van der Waals surface area contributed by atoms with Gasteiger partial charge in [-0.3, -0.25) is 0 Å². The lowest BCUT2D eigenvalue weighted by molar-refractivity contribution is -0.132. The first-order valence-electron chi connectivity index (χ1n) is 9.61. The van der Waals surface area contributed by atoms with Gasteiger partial charge in [-0.25, -0.2) is 4.79 Å². The molecule has 0 bridgehead atoms. The van der Waals surface area contributed by atoms with E-state index in [4.69, 9.17) is 0 Å². The molecule has 0 unspecified atom stereocenters. The van der Waals surface area contributed by atoms with Crippen molar-refractivity contribution >= 4 is 5.97 Å². The van der Waals surface area contributed by atoms with Gasteiger partial charge in [-0.15, -0.1) is 0 Å². The summed E-state index contributed by atoms with van der Waals surface area (Å²) in [6.07, 6.45) is 16.0. The zero-order valence-corrected chi connectivity index (χ0v) is 15.3. The Balaban J connectivity index is 4.40. The van der Waals surface area contributed by atoms with Crippen LogP contribution in [0, 0.1) is 0 Å². The summed E-state index contributed by atoms with van der Waals surface area (Å²) in [7, 11) is 0. The highest BCUT2D eigenvalue weighted by atomic mass is 16.4. The van der Waals surface area contributed by atoms with Crippen LogP contribution in [0.2, 0.25) is 0 Å². The highest BCUT2D eigenvalue weighted by molar-refractivity contribution is 5.87. The third kappa shape index (κ3) is 10.9. The largest absolute Gasteiger partial charge is 0.478 e. The molecule has 0 aromatic heterocycles. The van der Waals surface area contributed by atoms with E-state index in [0.717, 1.165) is 50.5 Å². The SMILES string of the molecule is CCCCCCCCC(CCC)=C(CCCCCC)C(=O)O. The maximum absolute atomic E-state index is 11.6. The average molecular weight is 311 g/mol. The van der Waals surface area contributed by atoms with Crippen molar-refractivity contribution in [1.29, 1.82) is 0 Å². The van der Waals surface area contributed by atoms with Crippen LogP contribution in [0.3, 0.4) is 0 Å². The van der Waals surface area contributed by atoms with Crippen LogP contribution in [0.1, 0.15) is 111 Å². The fourth-order valence-electron chi connectivity index (χ4n) is 3.01. The number of unbranched alkanes of at least 4 members (excludes halogenated alkanes) is 8. The molecule has 1 N–H and O–H groups in total. The maximum atomic E-state index is 11.6. The van der Waals surface area contributed by atoms with Crippen molar-refractivity contribution in [1.82, 2.24) is 0 Å². The number of rotatable bonds is 15. The molecular formula is C20H38O2. The van der Waals surface area contributed by atoms with Crippen molar-refractivity contribution in [2.75, 3.05) is 0 Å². The van der Waals surface area contributed by atoms with E-state index >= 15 is 0 Å². The van der Waals surface area contributed by atoms with Crippen LogP contribution >= 0.6 is 0 Å². The summed E-state index contributed by atoms with van der Waals surface area (Å²) in [5.74, 6) is -0.675. The molecule has 0 aliphatic heterocycles. The molecule has 130 valence electrons. The van der Waals surface area contributed by atoms with Crippen molar-refractivity contribution in [2.24, 2.45) is 0 Å². The second kappa shape index (κ2) is 15.1. The van der Waals surface area contributed by atoms with Crippen molar-refractivity contribution in [3.05, 3.63) is 11.1 Å². The summed E-state index contributed by atoms with van der Waals surface area (Å²) in [5.41, 5.74) is 1.95. The molecule has 0 aromatic rings. The molecule has 2 nitrogen and oxygen atoms in total. The van der Waals surface area contributed by atoms with Crippen LogP contribution in [0.5, 0.6) is 0 Å². The van der Waals surface area contributed by atoms with Gasteiger partial charge in [-0.1, -0.05) is 84.1 Å². The van der Waals surface area contributed by atoms with E-state index < -0.39 is 5.97 Å². The Kier molecular flexibility index (Phi) is 14.6. The highest BCUT2D eigenvalue weighted by Crippen LogP contribution is 2.24. The third-order valence-electron chi connectivity index (χ3n) is 4.35. The monoisotopic (exact) mass is 310 g/mol. The van der Waals surface area contributed by atoms with E-state index in [9.17, 15) is 9.90 Å². The number of hydrogen-bond acceptors (Lipinski definition) is 1. The quantitative estimate of drug-likeness (QED) is 0.264. The summed E-state index contributed by atoms with van der Waals surface area (Å²) < 4.78 is 0. The van der Waals surface area contributed by atoms with E-state index in [2.05, 4.69) is 20.8 Å². The third-order valence-corrected chi connectivity index (χ3v) is 4.35. The van der Waals surface area contributed by atoms with Crippen LogP contribution in [0.15, 0.2) is 11.1 Å². The van der Waals surface area contributed by atoms with Gasteiger partial charge in [0.05, 0.1) is 0 Å². The predicted octanol–water partition coefficient (Wildman–Crippen LogP) is 6.89. The molecule has 0 heterocycles. The van der Waals surface area contributed by atoms with Crippen molar-refractivity contribution in [3.8, 4) is 0 Å². The van der Waals surface area contributed by atoms with Crippen LogP contribution < -0.4 is 0 Å². The van der Waals surface area contributed by atoms with E-state index in [1.807, 2.05) is 0 Å². The first-order valence-corrected chi connectivity index (χ1v) is 9.61. The first-order chi connectivity index (χ1) is 10.7. The lowest BCUT2D eigenvalue weighted by atomic mass is 9.93. The van der Waals surface area contributed by atoms with Crippen molar-refractivity contribution in [2.45, 2.75) is 111 Å². The smallest absolute Gasteiger partial charge is 0.331 e. The number of allylic oxidation sites excluding steroid dienone is 1. The molecule has 0 radical (unpaired) electrons. The molecule has 0 fully saturated rings. The summed E-state index contributed by atoms with van der Waals surface area (Å²) >= 11 is 0. The molecule has 0 rings (SSSR count). The number of carboxylic acid groups (broad SMARTS) is 1. The molecule has 0 aromatic carbocycles. The summed E-state index contributed by atoms with van der Waals surface area (Å²) in [6, 6.07) is 0. The van der Waals surface area contributed by atoms with Gasteiger partial charge < -0.3 is 5.11 Å². The van der Waals surface area contributed by atoms with Gasteiger partial charge >= 0.3 is 5.97 Å². The minimum Gasteiger partial charge on any atom is -0.478 e. The van der Waals surface area contributed by atoms with Crippen LogP contribution in [0.25, 0.3) is 0 Å². The Labute approximate surface area is 138 Å². The normalized spacial score (nSPS) is 12.3. The number of carboxylic acids is 1. The highest BCUT2D eigenvalue weighted by Gasteiger charge is 2.13. The lowest BCUT2D eigenvalue weighted by Crippen LogP contribution is -2.06. The fourth-order valence-corrected chi connectivity index (χ4v) is 3.01. The van der Waals surface area contributed by atoms with E-state index in [1.165, 1.54) is 50.5 Å². The van der Waals surface area contributed by atoms with Gasteiger partial charge in [0.2, 0.25) is 0 Å².